The zero-order chi connectivity index (χ0) is 21.4. The second-order valence-electron chi connectivity index (χ2n) is 7.28. The number of aromatic nitrogens is 3. The van der Waals surface area contributed by atoms with Gasteiger partial charge in [-0.1, -0.05) is 0 Å². The summed E-state index contributed by atoms with van der Waals surface area (Å²) in [7, 11) is 3.49. The van der Waals surface area contributed by atoms with Gasteiger partial charge < -0.3 is 31.4 Å². The van der Waals surface area contributed by atoms with Gasteiger partial charge in [0.15, 0.2) is 17.2 Å². The topological polar surface area (TPSA) is 148 Å². The molecule has 7 N–H and O–H groups in total. The van der Waals surface area contributed by atoms with Crippen LogP contribution in [0.5, 0.6) is 0 Å². The van der Waals surface area contributed by atoms with Crippen LogP contribution in [-0.4, -0.2) is 47.2 Å². The van der Waals surface area contributed by atoms with Gasteiger partial charge in [0.05, 0.1) is 42.2 Å². The number of nitrogen functional groups attached to an aromatic ring is 1. The van der Waals surface area contributed by atoms with Crippen molar-refractivity contribution in [1.29, 1.82) is 0 Å². The van der Waals surface area contributed by atoms with Crippen molar-refractivity contribution < 1.29 is 9.53 Å². The summed E-state index contributed by atoms with van der Waals surface area (Å²) >= 11 is 0. The molecule has 0 saturated heterocycles. The van der Waals surface area contributed by atoms with Crippen LogP contribution in [-0.2, 0) is 11.3 Å². The van der Waals surface area contributed by atoms with Crippen molar-refractivity contribution in [3.8, 4) is 0 Å². The fraction of sp³-hybridized carbons (Fsp3) is 0.316. The van der Waals surface area contributed by atoms with E-state index in [2.05, 4.69) is 26.0 Å². The van der Waals surface area contributed by atoms with E-state index >= 15 is 0 Å². The number of rotatable bonds is 2. The summed E-state index contributed by atoms with van der Waals surface area (Å²) < 4.78 is 7.29. The first-order valence-electron chi connectivity index (χ1n) is 9.50. The number of ether oxygens (including phenoxy) is 1. The minimum absolute atomic E-state index is 0.206. The van der Waals surface area contributed by atoms with Crippen molar-refractivity contribution >= 4 is 40.1 Å². The minimum Gasteiger partial charge on any atom is -0.397 e. The van der Waals surface area contributed by atoms with Gasteiger partial charge in [0.2, 0.25) is 0 Å². The Balaban J connectivity index is 1.92. The van der Waals surface area contributed by atoms with Crippen molar-refractivity contribution in [3.05, 3.63) is 35.7 Å². The lowest BCUT2D eigenvalue weighted by atomic mass is 10.1. The normalized spacial score (nSPS) is 16.7. The zero-order valence-electron chi connectivity index (χ0n) is 17.1. The summed E-state index contributed by atoms with van der Waals surface area (Å²) in [5, 5.41) is 15.3. The Morgan fingerprint density at radius 1 is 1.37 bits per heavy atom. The number of imidazole rings is 1. The molecule has 0 radical (unpaired) electrons. The summed E-state index contributed by atoms with van der Waals surface area (Å²) in [6.07, 6.45) is 1.50. The molecule has 4 rings (SSSR count). The monoisotopic (exact) mass is 411 g/mol. The number of nitrogens with two attached hydrogens (primary N) is 2. The lowest BCUT2D eigenvalue weighted by molar-refractivity contribution is 0.0815. The quantitative estimate of drug-likeness (QED) is 0.237. The summed E-state index contributed by atoms with van der Waals surface area (Å²) in [6, 6.07) is 5.34. The van der Waals surface area contributed by atoms with Gasteiger partial charge in [0, 0.05) is 26.2 Å². The van der Waals surface area contributed by atoms with E-state index < -0.39 is 0 Å². The van der Waals surface area contributed by atoms with Crippen LogP contribution >= 0.6 is 0 Å². The first kappa shape index (κ1) is 19.7. The molecule has 11 heteroatoms. The van der Waals surface area contributed by atoms with Gasteiger partial charge in [-0.3, -0.25) is 4.79 Å². The van der Waals surface area contributed by atoms with Crippen LogP contribution < -0.4 is 32.5 Å². The van der Waals surface area contributed by atoms with Crippen molar-refractivity contribution in [3.63, 3.8) is 0 Å². The Labute approximate surface area is 173 Å². The van der Waals surface area contributed by atoms with Crippen LogP contribution in [0, 0.1) is 0 Å². The number of hydrazine groups is 1. The number of carbonyl (C=O) groups excluding carboxylic acids is 1. The number of fused-ring (bicyclic) bond motifs is 3. The average Bonchev–Trinajstić information content (AvgIpc) is 3.10. The highest BCUT2D eigenvalue weighted by molar-refractivity contribution is 5.94. The molecule has 1 atom stereocenters. The van der Waals surface area contributed by atoms with Crippen LogP contribution in [0.25, 0.3) is 5.65 Å². The van der Waals surface area contributed by atoms with Crippen molar-refractivity contribution in [2.45, 2.75) is 19.6 Å². The highest BCUT2D eigenvalue weighted by Crippen LogP contribution is 2.35. The molecule has 3 heterocycles. The molecule has 1 aliphatic heterocycles. The van der Waals surface area contributed by atoms with E-state index in [0.717, 1.165) is 5.56 Å². The fourth-order valence-electron chi connectivity index (χ4n) is 3.49. The van der Waals surface area contributed by atoms with E-state index in [0.29, 0.717) is 53.1 Å². The van der Waals surface area contributed by atoms with Gasteiger partial charge in [-0.15, -0.1) is 5.10 Å². The molecule has 1 amide bonds. The third-order valence-corrected chi connectivity index (χ3v) is 4.80. The Hall–Kier alpha value is -3.57. The fourth-order valence-corrected chi connectivity index (χ4v) is 3.49. The van der Waals surface area contributed by atoms with Crippen LogP contribution in [0.3, 0.4) is 0 Å². The van der Waals surface area contributed by atoms with E-state index in [1.807, 2.05) is 19.1 Å². The number of nitrogens with zero attached hydrogens (tertiary/aromatic N) is 4. The summed E-state index contributed by atoms with van der Waals surface area (Å²) in [5.74, 6) is 6.23. The molecule has 158 valence electrons. The number of hydrogen-bond donors (Lipinski definition) is 5. The molecular weight excluding hydrogens is 386 g/mol. The molecule has 1 aliphatic rings. The van der Waals surface area contributed by atoms with Crippen LogP contribution in [0.15, 0.2) is 24.4 Å². The molecule has 4 bridgehead atoms. The highest BCUT2D eigenvalue weighted by atomic mass is 16.5. The third-order valence-electron chi connectivity index (χ3n) is 4.80. The number of benzene rings is 1. The van der Waals surface area contributed by atoms with E-state index in [1.54, 1.807) is 20.2 Å². The van der Waals surface area contributed by atoms with E-state index in [1.165, 1.54) is 15.7 Å². The van der Waals surface area contributed by atoms with Crippen molar-refractivity contribution in [2.24, 2.45) is 5.84 Å². The number of anilines is 5. The number of carbonyl (C=O) groups is 1. The molecule has 0 spiro atoms. The van der Waals surface area contributed by atoms with Crippen molar-refractivity contribution in [2.75, 3.05) is 42.1 Å². The van der Waals surface area contributed by atoms with Crippen LogP contribution in [0.1, 0.15) is 23.0 Å². The molecule has 1 unspecified atom stereocenters. The first-order valence-corrected chi connectivity index (χ1v) is 9.50. The number of amides is 1. The molecule has 0 saturated carbocycles. The highest BCUT2D eigenvalue weighted by Gasteiger charge is 2.20. The maximum atomic E-state index is 12.8. The summed E-state index contributed by atoms with van der Waals surface area (Å²) in [6.45, 7) is 2.54. The molecule has 1 aromatic carbocycles. The second kappa shape index (κ2) is 7.69. The maximum Gasteiger partial charge on any atom is 0.271 e. The van der Waals surface area contributed by atoms with Crippen molar-refractivity contribution in [1.82, 2.24) is 19.9 Å². The van der Waals surface area contributed by atoms with Gasteiger partial charge in [0.1, 0.15) is 0 Å². The molecule has 3 aromatic rings. The summed E-state index contributed by atoms with van der Waals surface area (Å²) in [4.78, 5) is 17.1. The first-order chi connectivity index (χ1) is 14.4. The van der Waals surface area contributed by atoms with Gasteiger partial charge in [-0.25, -0.2) is 15.3 Å². The molecular formula is C19H25N9O2. The largest absolute Gasteiger partial charge is 0.397 e. The SMILES string of the molecule is CNc1cc2nn3c(cnc13)C(=O)NC(C)COCc1cc(N)c(N(C)N)c(c1)N2. The molecule has 30 heavy (non-hydrogen) atoms. The van der Waals surface area contributed by atoms with E-state index in [4.69, 9.17) is 16.3 Å². The van der Waals surface area contributed by atoms with Crippen LogP contribution in [0.4, 0.5) is 28.6 Å². The predicted octanol–water partition coefficient (Wildman–Crippen LogP) is 1.06. The Morgan fingerprint density at radius 2 is 2.17 bits per heavy atom. The lowest BCUT2D eigenvalue weighted by Crippen LogP contribution is -2.36. The van der Waals surface area contributed by atoms with Gasteiger partial charge in [0.25, 0.3) is 5.91 Å². The van der Waals surface area contributed by atoms with Gasteiger partial charge in [-0.2, -0.15) is 0 Å². The van der Waals surface area contributed by atoms with Gasteiger partial charge in [-0.05, 0) is 24.6 Å². The Bertz CT molecular complexity index is 1110. The predicted molar refractivity (Wildman–Crippen MR) is 116 cm³/mol. The zero-order valence-corrected chi connectivity index (χ0v) is 17.1. The smallest absolute Gasteiger partial charge is 0.271 e. The lowest BCUT2D eigenvalue weighted by Gasteiger charge is -2.22. The Morgan fingerprint density at radius 3 is 2.90 bits per heavy atom. The maximum absolute atomic E-state index is 12.8. The number of hydrogen-bond acceptors (Lipinski definition) is 9. The Kier molecular flexibility index (Phi) is 5.06. The molecule has 11 nitrogen and oxygen atoms in total. The minimum atomic E-state index is -0.285. The second-order valence-corrected chi connectivity index (χ2v) is 7.28. The van der Waals surface area contributed by atoms with E-state index in [9.17, 15) is 4.79 Å². The third kappa shape index (κ3) is 3.55. The van der Waals surface area contributed by atoms with Crippen LogP contribution in [0.2, 0.25) is 0 Å². The molecule has 2 aromatic heterocycles. The molecule has 0 fully saturated rings. The standard InChI is InChI=1S/C19H25N9O2/c1-10-8-30-9-11-4-12(20)17(27(3)21)13(5-11)25-16-6-14(22-2)18-23-7-15(19(29)24-10)28(18)26-16/h4-7,10,22H,8-9,20-21H2,1-3H3,(H,24,29)(H,25,26). The number of nitrogens with one attached hydrogen (secondary N) is 3. The average molecular weight is 411 g/mol. The van der Waals surface area contributed by atoms with E-state index in [-0.39, 0.29) is 11.9 Å². The summed E-state index contributed by atoms with van der Waals surface area (Å²) in [5.41, 5.74) is 10.5. The molecule has 0 aliphatic carbocycles. The van der Waals surface area contributed by atoms with Gasteiger partial charge >= 0.3 is 0 Å².